The highest BCUT2D eigenvalue weighted by molar-refractivity contribution is 6.28. The largest absolute Gasteiger partial charge is 0.354 e. The molecule has 2 nitrogen and oxygen atoms in total. The van der Waals surface area contributed by atoms with E-state index in [1.54, 1.807) is 0 Å². The third-order valence-electron chi connectivity index (χ3n) is 5.66. The average Bonchev–Trinajstić information content (AvgIpc) is 3.24. The Bertz CT molecular complexity index is 1480. The van der Waals surface area contributed by atoms with Crippen LogP contribution in [0, 0.1) is 6.92 Å². The van der Waals surface area contributed by atoms with Gasteiger partial charge in [-0.25, -0.2) is 0 Å². The first kappa shape index (κ1) is 14.6. The third kappa shape index (κ3) is 1.90. The standard InChI is InChI=1S/C25H18N2/c1-16-8-2-6-12-21(16)27-22-13-7-4-10-18(22)25-23(27)15-14-20-24(25)17-9-3-5-11-19(17)26-20/h2-15,26H,1H3. The van der Waals surface area contributed by atoms with Crippen molar-refractivity contribution in [3.05, 3.63) is 90.5 Å². The lowest BCUT2D eigenvalue weighted by molar-refractivity contribution is 1.15. The van der Waals surface area contributed by atoms with E-state index < -0.39 is 0 Å². The van der Waals surface area contributed by atoms with Gasteiger partial charge in [0, 0.05) is 38.3 Å². The molecule has 0 amide bonds. The highest BCUT2D eigenvalue weighted by atomic mass is 15.0. The summed E-state index contributed by atoms with van der Waals surface area (Å²) in [6.07, 6.45) is 0. The van der Waals surface area contributed by atoms with Gasteiger partial charge in [-0.15, -0.1) is 0 Å². The molecule has 128 valence electrons. The summed E-state index contributed by atoms with van der Waals surface area (Å²) in [6.45, 7) is 2.18. The van der Waals surface area contributed by atoms with Crippen LogP contribution in [0.25, 0.3) is 49.3 Å². The van der Waals surface area contributed by atoms with Gasteiger partial charge in [0.15, 0.2) is 0 Å². The normalized spacial score (nSPS) is 11.9. The summed E-state index contributed by atoms with van der Waals surface area (Å²) in [5.41, 5.74) is 7.40. The Morgan fingerprint density at radius 3 is 2.22 bits per heavy atom. The van der Waals surface area contributed by atoms with Crippen molar-refractivity contribution in [2.75, 3.05) is 0 Å². The molecule has 2 heterocycles. The van der Waals surface area contributed by atoms with Gasteiger partial charge in [0.1, 0.15) is 0 Å². The molecule has 0 bridgehead atoms. The molecule has 6 rings (SSSR count). The smallest absolute Gasteiger partial charge is 0.0549 e. The predicted octanol–water partition coefficient (Wildman–Crippen LogP) is 6.73. The van der Waals surface area contributed by atoms with Gasteiger partial charge in [-0.05, 0) is 42.8 Å². The molecule has 0 saturated carbocycles. The average molecular weight is 346 g/mol. The van der Waals surface area contributed by atoms with E-state index in [9.17, 15) is 0 Å². The van der Waals surface area contributed by atoms with Crippen molar-refractivity contribution >= 4 is 43.6 Å². The zero-order valence-electron chi connectivity index (χ0n) is 15.0. The summed E-state index contributed by atoms with van der Waals surface area (Å²) >= 11 is 0. The van der Waals surface area contributed by atoms with Crippen LogP contribution in [-0.2, 0) is 0 Å². The number of benzene rings is 4. The van der Waals surface area contributed by atoms with Crippen LogP contribution >= 0.6 is 0 Å². The minimum absolute atomic E-state index is 1.19. The van der Waals surface area contributed by atoms with Crippen LogP contribution < -0.4 is 0 Å². The summed E-state index contributed by atoms with van der Waals surface area (Å²) < 4.78 is 2.40. The molecule has 0 saturated heterocycles. The lowest BCUT2D eigenvalue weighted by Crippen LogP contribution is -1.96. The molecule has 0 aliphatic heterocycles. The number of aromatic amines is 1. The van der Waals surface area contributed by atoms with Gasteiger partial charge in [0.05, 0.1) is 11.0 Å². The van der Waals surface area contributed by atoms with Crippen molar-refractivity contribution in [1.82, 2.24) is 9.55 Å². The molecule has 0 unspecified atom stereocenters. The van der Waals surface area contributed by atoms with Gasteiger partial charge in [0.25, 0.3) is 0 Å². The van der Waals surface area contributed by atoms with Gasteiger partial charge in [-0.1, -0.05) is 54.6 Å². The van der Waals surface area contributed by atoms with Crippen molar-refractivity contribution < 1.29 is 0 Å². The van der Waals surface area contributed by atoms with Crippen molar-refractivity contribution in [2.45, 2.75) is 6.92 Å². The molecule has 2 aromatic heterocycles. The van der Waals surface area contributed by atoms with Gasteiger partial charge >= 0.3 is 0 Å². The molecule has 6 aromatic rings. The maximum atomic E-state index is 3.59. The van der Waals surface area contributed by atoms with Crippen LogP contribution in [0.4, 0.5) is 0 Å². The van der Waals surface area contributed by atoms with E-state index in [1.807, 2.05) is 0 Å². The number of H-pyrrole nitrogens is 1. The zero-order chi connectivity index (χ0) is 18.0. The first-order valence-electron chi connectivity index (χ1n) is 9.31. The van der Waals surface area contributed by atoms with Crippen molar-refractivity contribution in [3.63, 3.8) is 0 Å². The van der Waals surface area contributed by atoms with Crippen LogP contribution in [0.5, 0.6) is 0 Å². The van der Waals surface area contributed by atoms with E-state index in [2.05, 4.69) is 101 Å². The number of hydrogen-bond acceptors (Lipinski definition) is 0. The van der Waals surface area contributed by atoms with E-state index in [1.165, 1.54) is 54.9 Å². The molecule has 1 N–H and O–H groups in total. The second-order valence-electron chi connectivity index (χ2n) is 7.19. The summed E-state index contributed by atoms with van der Waals surface area (Å²) in [6, 6.07) is 30.4. The highest BCUT2D eigenvalue weighted by Crippen LogP contribution is 2.40. The van der Waals surface area contributed by atoms with Gasteiger partial charge in [0.2, 0.25) is 0 Å². The van der Waals surface area contributed by atoms with Crippen LogP contribution in [0.15, 0.2) is 84.9 Å². The topological polar surface area (TPSA) is 20.7 Å². The van der Waals surface area contributed by atoms with E-state index >= 15 is 0 Å². The van der Waals surface area contributed by atoms with E-state index in [-0.39, 0.29) is 0 Å². The first-order valence-corrected chi connectivity index (χ1v) is 9.31. The molecular formula is C25H18N2. The van der Waals surface area contributed by atoms with Gasteiger partial charge in [-0.3, -0.25) is 0 Å². The van der Waals surface area contributed by atoms with Crippen LogP contribution in [0.2, 0.25) is 0 Å². The predicted molar refractivity (Wildman–Crippen MR) is 115 cm³/mol. The Balaban J connectivity index is 1.92. The van der Waals surface area contributed by atoms with Crippen LogP contribution in [0.3, 0.4) is 0 Å². The number of aryl methyl sites for hydroxylation is 1. The van der Waals surface area contributed by atoms with Gasteiger partial charge < -0.3 is 9.55 Å². The highest BCUT2D eigenvalue weighted by Gasteiger charge is 2.17. The first-order chi connectivity index (χ1) is 13.3. The fourth-order valence-electron chi connectivity index (χ4n) is 4.47. The second kappa shape index (κ2) is 5.24. The Morgan fingerprint density at radius 1 is 0.593 bits per heavy atom. The minimum atomic E-state index is 1.19. The van der Waals surface area contributed by atoms with Crippen molar-refractivity contribution in [1.29, 1.82) is 0 Å². The van der Waals surface area contributed by atoms with Crippen LogP contribution in [0.1, 0.15) is 5.56 Å². The fourth-order valence-corrected chi connectivity index (χ4v) is 4.47. The quantitative estimate of drug-likeness (QED) is 0.341. The summed E-state index contributed by atoms with van der Waals surface area (Å²) in [5.74, 6) is 0. The number of nitrogens with one attached hydrogen (secondary N) is 1. The monoisotopic (exact) mass is 346 g/mol. The SMILES string of the molecule is Cc1ccccc1-n1c2ccccc2c2c3c(ccc21)[nH]c1ccccc13. The molecule has 27 heavy (non-hydrogen) atoms. The van der Waals surface area contributed by atoms with Crippen molar-refractivity contribution in [2.24, 2.45) is 0 Å². The summed E-state index contributed by atoms with van der Waals surface area (Å²) in [5, 5.41) is 5.22. The minimum Gasteiger partial charge on any atom is -0.354 e. The molecule has 2 heteroatoms. The maximum absolute atomic E-state index is 3.59. The summed E-state index contributed by atoms with van der Waals surface area (Å²) in [7, 11) is 0. The second-order valence-corrected chi connectivity index (χ2v) is 7.19. The molecule has 0 fully saturated rings. The lowest BCUT2D eigenvalue weighted by Gasteiger charge is -2.10. The van der Waals surface area contributed by atoms with E-state index in [0.29, 0.717) is 0 Å². The van der Waals surface area contributed by atoms with Crippen LogP contribution in [-0.4, -0.2) is 9.55 Å². The molecule has 0 spiro atoms. The number of aromatic nitrogens is 2. The Morgan fingerprint density at radius 2 is 1.33 bits per heavy atom. The molecule has 0 radical (unpaired) electrons. The number of nitrogens with zero attached hydrogens (tertiary/aromatic N) is 1. The molecule has 0 atom stereocenters. The Hall–Kier alpha value is -3.52. The maximum Gasteiger partial charge on any atom is 0.0549 e. The molecule has 4 aromatic carbocycles. The lowest BCUT2D eigenvalue weighted by atomic mass is 10.1. The van der Waals surface area contributed by atoms with E-state index in [4.69, 9.17) is 0 Å². The molecule has 0 aliphatic carbocycles. The Labute approximate surface area is 156 Å². The molecule has 0 aliphatic rings. The number of hydrogen-bond donors (Lipinski definition) is 1. The van der Waals surface area contributed by atoms with Gasteiger partial charge in [-0.2, -0.15) is 0 Å². The van der Waals surface area contributed by atoms with E-state index in [0.717, 1.165) is 0 Å². The summed E-state index contributed by atoms with van der Waals surface area (Å²) in [4.78, 5) is 3.59. The Kier molecular flexibility index (Phi) is 2.84. The number of para-hydroxylation sites is 3. The zero-order valence-corrected chi connectivity index (χ0v) is 15.0. The number of rotatable bonds is 1. The number of fused-ring (bicyclic) bond motifs is 7. The molecular weight excluding hydrogens is 328 g/mol. The fraction of sp³-hybridized carbons (Fsp3) is 0.0400. The third-order valence-corrected chi connectivity index (χ3v) is 5.66. The van der Waals surface area contributed by atoms with Crippen molar-refractivity contribution in [3.8, 4) is 5.69 Å².